The van der Waals surface area contributed by atoms with Crippen molar-refractivity contribution in [2.45, 2.75) is 96.3 Å². The van der Waals surface area contributed by atoms with Crippen LogP contribution in [0.2, 0.25) is 18.1 Å². The average Bonchev–Trinajstić information content (AvgIpc) is 2.69. The Morgan fingerprint density at radius 2 is 1.68 bits per heavy atom. The molecule has 0 aromatic heterocycles. The van der Waals surface area contributed by atoms with Crippen LogP contribution in [0.15, 0.2) is 0 Å². The van der Waals surface area contributed by atoms with Gasteiger partial charge in [-0.3, -0.25) is 0 Å². The number of aliphatic hydroxyl groups excluding tert-OH is 2. The molecule has 1 aliphatic heterocycles. The van der Waals surface area contributed by atoms with E-state index in [-0.39, 0.29) is 11.6 Å². The second-order valence-corrected chi connectivity index (χ2v) is 12.9. The Morgan fingerprint density at radius 3 is 2.09 bits per heavy atom. The van der Waals surface area contributed by atoms with Crippen molar-refractivity contribution in [1.29, 1.82) is 0 Å². The first kappa shape index (κ1) is 20.1. The quantitative estimate of drug-likeness (QED) is 0.731. The summed E-state index contributed by atoms with van der Waals surface area (Å²) >= 11 is 0. The molecule has 2 N–H and O–H groups in total. The molecule has 0 aliphatic carbocycles. The second kappa shape index (κ2) is 6.87. The number of rotatable bonds is 6. The molecule has 22 heavy (non-hydrogen) atoms. The summed E-state index contributed by atoms with van der Waals surface area (Å²) in [7, 11) is -2.05. The van der Waals surface area contributed by atoms with Crippen molar-refractivity contribution in [3.63, 3.8) is 0 Å². The Bertz CT molecular complexity index is 364. The molecular weight excluding hydrogens is 300 g/mol. The minimum atomic E-state index is -2.05. The minimum Gasteiger partial charge on any atom is -0.409 e. The first-order valence-corrected chi connectivity index (χ1v) is 11.1. The van der Waals surface area contributed by atoms with Crippen molar-refractivity contribution in [1.82, 2.24) is 0 Å². The summed E-state index contributed by atoms with van der Waals surface area (Å²) in [6.07, 6.45) is -1.51. The summed E-state index contributed by atoms with van der Waals surface area (Å²) in [6.45, 7) is 16.1. The first-order chi connectivity index (χ1) is 9.84. The van der Waals surface area contributed by atoms with Crippen LogP contribution in [-0.4, -0.2) is 55.3 Å². The van der Waals surface area contributed by atoms with E-state index in [1.165, 1.54) is 0 Å². The standard InChI is InChI=1S/C16H34O5Si/c1-9-11(18)13-14(20-16(5,6)19-13)12(10-17)21-22(7,8)15(2,3)4/h11-14,17-18H,9-10H2,1-8H3/t11?,12-,13-,14+/m1/s1. The summed E-state index contributed by atoms with van der Waals surface area (Å²) in [5.41, 5.74) is 0. The van der Waals surface area contributed by atoms with Gasteiger partial charge >= 0.3 is 0 Å². The monoisotopic (exact) mass is 334 g/mol. The maximum Gasteiger partial charge on any atom is 0.192 e. The number of aliphatic hydroxyl groups is 2. The molecule has 1 rings (SSSR count). The largest absolute Gasteiger partial charge is 0.409 e. The van der Waals surface area contributed by atoms with Gasteiger partial charge in [-0.25, -0.2) is 0 Å². The maximum atomic E-state index is 10.2. The van der Waals surface area contributed by atoms with Gasteiger partial charge in [0.2, 0.25) is 0 Å². The Morgan fingerprint density at radius 1 is 1.18 bits per heavy atom. The molecule has 1 heterocycles. The van der Waals surface area contributed by atoms with Crippen LogP contribution in [0, 0.1) is 0 Å². The van der Waals surface area contributed by atoms with E-state index in [4.69, 9.17) is 13.9 Å². The van der Waals surface area contributed by atoms with Crippen molar-refractivity contribution in [3.8, 4) is 0 Å². The summed E-state index contributed by atoms with van der Waals surface area (Å²) in [6, 6.07) is 0. The first-order valence-electron chi connectivity index (χ1n) is 8.17. The predicted octanol–water partition coefficient (Wildman–Crippen LogP) is 2.66. The lowest BCUT2D eigenvalue weighted by molar-refractivity contribution is -0.161. The summed E-state index contributed by atoms with van der Waals surface area (Å²) < 4.78 is 18.1. The van der Waals surface area contributed by atoms with Gasteiger partial charge in [-0.15, -0.1) is 0 Å². The van der Waals surface area contributed by atoms with Gasteiger partial charge in [0.25, 0.3) is 0 Å². The van der Waals surface area contributed by atoms with Crippen molar-refractivity contribution in [2.24, 2.45) is 0 Å². The molecule has 1 saturated heterocycles. The molecule has 0 aromatic carbocycles. The van der Waals surface area contributed by atoms with Crippen LogP contribution < -0.4 is 0 Å². The molecule has 5 nitrogen and oxygen atoms in total. The minimum absolute atomic E-state index is 0.0360. The van der Waals surface area contributed by atoms with Gasteiger partial charge in [0.1, 0.15) is 12.2 Å². The molecule has 0 saturated carbocycles. The molecule has 0 bridgehead atoms. The van der Waals surface area contributed by atoms with Crippen molar-refractivity contribution >= 4 is 8.32 Å². The van der Waals surface area contributed by atoms with Crippen molar-refractivity contribution in [2.75, 3.05) is 6.61 Å². The number of hydrogen-bond donors (Lipinski definition) is 2. The molecular formula is C16H34O5Si. The maximum absolute atomic E-state index is 10.2. The zero-order valence-corrected chi connectivity index (χ0v) is 16.3. The van der Waals surface area contributed by atoms with E-state index in [9.17, 15) is 10.2 Å². The van der Waals surface area contributed by atoms with Gasteiger partial charge in [-0.05, 0) is 38.4 Å². The SMILES string of the molecule is CCC(O)[C@H]1OC(C)(C)O[C@H]1[C@@H](CO)O[Si](C)(C)C(C)(C)C. The number of hydrogen-bond acceptors (Lipinski definition) is 5. The van der Waals surface area contributed by atoms with Crippen LogP contribution in [0.25, 0.3) is 0 Å². The van der Waals surface area contributed by atoms with E-state index in [2.05, 4.69) is 33.9 Å². The van der Waals surface area contributed by atoms with Crippen LogP contribution in [0.5, 0.6) is 0 Å². The summed E-state index contributed by atoms with van der Waals surface area (Å²) in [5.74, 6) is -0.782. The van der Waals surface area contributed by atoms with Crippen LogP contribution in [-0.2, 0) is 13.9 Å². The van der Waals surface area contributed by atoms with Crippen LogP contribution in [0.1, 0.15) is 48.0 Å². The Hall–Kier alpha value is 0.0169. The zero-order chi connectivity index (χ0) is 17.3. The molecule has 132 valence electrons. The lowest BCUT2D eigenvalue weighted by Crippen LogP contribution is -2.52. The van der Waals surface area contributed by atoms with Crippen LogP contribution >= 0.6 is 0 Å². The van der Waals surface area contributed by atoms with Gasteiger partial charge in [-0.1, -0.05) is 27.7 Å². The molecule has 0 radical (unpaired) electrons. The fraction of sp³-hybridized carbons (Fsp3) is 1.00. The predicted molar refractivity (Wildman–Crippen MR) is 89.3 cm³/mol. The van der Waals surface area contributed by atoms with Gasteiger partial charge in [0.15, 0.2) is 14.1 Å². The lowest BCUT2D eigenvalue weighted by Gasteiger charge is -2.41. The van der Waals surface area contributed by atoms with E-state index in [1.807, 2.05) is 20.8 Å². The topological polar surface area (TPSA) is 68.2 Å². The summed E-state index contributed by atoms with van der Waals surface area (Å²) in [5, 5.41) is 20.1. The molecule has 0 aromatic rings. The van der Waals surface area contributed by atoms with E-state index in [1.54, 1.807) is 0 Å². The van der Waals surface area contributed by atoms with Crippen LogP contribution in [0.3, 0.4) is 0 Å². The third-order valence-electron chi connectivity index (χ3n) is 4.76. The van der Waals surface area contributed by atoms with Gasteiger partial charge < -0.3 is 24.1 Å². The highest BCUT2D eigenvalue weighted by Gasteiger charge is 2.50. The molecule has 1 fully saturated rings. The fourth-order valence-electron chi connectivity index (χ4n) is 2.40. The van der Waals surface area contributed by atoms with Gasteiger partial charge in [-0.2, -0.15) is 0 Å². The lowest BCUT2D eigenvalue weighted by atomic mass is 10.0. The molecule has 0 amide bonds. The Labute approximate surface area is 136 Å². The third kappa shape index (κ3) is 4.52. The van der Waals surface area contributed by atoms with E-state index in [0.717, 1.165) is 0 Å². The van der Waals surface area contributed by atoms with Gasteiger partial charge in [0.05, 0.1) is 18.8 Å². The Balaban J connectivity index is 2.97. The van der Waals surface area contributed by atoms with E-state index >= 15 is 0 Å². The second-order valence-electron chi connectivity index (χ2n) is 8.14. The van der Waals surface area contributed by atoms with E-state index in [0.29, 0.717) is 6.42 Å². The number of ether oxygens (including phenoxy) is 2. The Kier molecular flexibility index (Phi) is 6.26. The highest BCUT2D eigenvalue weighted by Crippen LogP contribution is 2.40. The average molecular weight is 335 g/mol. The molecule has 1 unspecified atom stereocenters. The zero-order valence-electron chi connectivity index (χ0n) is 15.3. The summed E-state index contributed by atoms with van der Waals surface area (Å²) in [4.78, 5) is 0. The third-order valence-corrected chi connectivity index (χ3v) is 9.26. The van der Waals surface area contributed by atoms with Crippen molar-refractivity contribution in [3.05, 3.63) is 0 Å². The fourth-order valence-corrected chi connectivity index (χ4v) is 3.72. The van der Waals surface area contributed by atoms with E-state index < -0.39 is 38.5 Å². The van der Waals surface area contributed by atoms with Crippen LogP contribution in [0.4, 0.5) is 0 Å². The smallest absolute Gasteiger partial charge is 0.192 e. The normalized spacial score (nSPS) is 28.6. The molecule has 0 spiro atoms. The molecule has 1 aliphatic rings. The van der Waals surface area contributed by atoms with Crippen molar-refractivity contribution < 1.29 is 24.1 Å². The highest BCUT2D eigenvalue weighted by molar-refractivity contribution is 6.74. The highest BCUT2D eigenvalue weighted by atomic mass is 28.4. The molecule has 6 heteroatoms. The van der Waals surface area contributed by atoms with Gasteiger partial charge in [0, 0.05) is 0 Å². The molecule has 4 atom stereocenters.